The summed E-state index contributed by atoms with van der Waals surface area (Å²) in [4.78, 5) is 24.9. The molecule has 1 fully saturated rings. The first-order valence-corrected chi connectivity index (χ1v) is 7.60. The van der Waals surface area contributed by atoms with Gasteiger partial charge in [-0.15, -0.1) is 0 Å². The van der Waals surface area contributed by atoms with Gasteiger partial charge in [-0.3, -0.25) is 0 Å². The largest absolute Gasteiger partial charge is 0.478 e. The third kappa shape index (κ3) is 3.25. The van der Waals surface area contributed by atoms with Crippen molar-refractivity contribution in [3.8, 4) is 0 Å². The molecule has 0 spiro atoms. The fourth-order valence-corrected chi connectivity index (χ4v) is 3.40. The number of aryl methyl sites for hydroxylation is 1. The van der Waals surface area contributed by atoms with Gasteiger partial charge in [0.05, 0.1) is 5.56 Å². The molecule has 0 aromatic heterocycles. The molecular weight excluding hydrogens is 276 g/mol. The van der Waals surface area contributed by atoms with Crippen molar-refractivity contribution < 1.29 is 14.7 Å². The van der Waals surface area contributed by atoms with Gasteiger partial charge in [-0.1, -0.05) is 6.07 Å². The van der Waals surface area contributed by atoms with Gasteiger partial charge in [0.1, 0.15) is 0 Å². The van der Waals surface area contributed by atoms with Crippen LogP contribution in [0.4, 0.5) is 10.5 Å². The molecule has 0 bridgehead atoms. The monoisotopic (exact) mass is 294 g/mol. The molecule has 1 aliphatic heterocycles. The molecule has 108 valence electrons. The van der Waals surface area contributed by atoms with Crippen LogP contribution in [0.5, 0.6) is 0 Å². The van der Waals surface area contributed by atoms with Gasteiger partial charge in [-0.05, 0) is 36.8 Å². The number of thioether (sulfide) groups is 1. The van der Waals surface area contributed by atoms with E-state index in [1.165, 1.54) is 6.07 Å². The molecule has 0 saturated carbocycles. The van der Waals surface area contributed by atoms with Crippen LogP contribution in [0.3, 0.4) is 0 Å². The van der Waals surface area contributed by atoms with Crippen molar-refractivity contribution in [2.75, 3.05) is 23.9 Å². The number of benzene rings is 1. The zero-order chi connectivity index (χ0) is 14.7. The first-order chi connectivity index (χ1) is 9.49. The summed E-state index contributed by atoms with van der Waals surface area (Å²) in [5.41, 5.74) is 1.40. The van der Waals surface area contributed by atoms with Crippen molar-refractivity contribution in [3.63, 3.8) is 0 Å². The average Bonchev–Trinajstić information content (AvgIpc) is 2.93. The summed E-state index contributed by atoms with van der Waals surface area (Å²) in [6.07, 6.45) is 1.00. The first kappa shape index (κ1) is 14.7. The first-order valence-electron chi connectivity index (χ1n) is 6.44. The lowest BCUT2D eigenvalue weighted by atomic mass is 10.1. The zero-order valence-corrected chi connectivity index (χ0v) is 12.4. The summed E-state index contributed by atoms with van der Waals surface area (Å²) in [6, 6.07) is 4.97. The molecule has 1 aromatic carbocycles. The number of carboxylic acids is 1. The van der Waals surface area contributed by atoms with Crippen LogP contribution in [-0.4, -0.2) is 46.6 Å². The summed E-state index contributed by atoms with van der Waals surface area (Å²) in [6.45, 7) is 1.73. The maximum atomic E-state index is 12.1. The number of rotatable bonds is 3. The van der Waals surface area contributed by atoms with Gasteiger partial charge in [0.15, 0.2) is 0 Å². The molecule has 20 heavy (non-hydrogen) atoms. The fourth-order valence-electron chi connectivity index (χ4n) is 2.14. The average molecular weight is 294 g/mol. The number of hydrogen-bond acceptors (Lipinski definition) is 3. The number of carbonyl (C=O) groups excluding carboxylic acids is 1. The highest BCUT2D eigenvalue weighted by Crippen LogP contribution is 2.22. The van der Waals surface area contributed by atoms with Gasteiger partial charge in [0.2, 0.25) is 0 Å². The Morgan fingerprint density at radius 3 is 2.80 bits per heavy atom. The molecule has 1 atom stereocenters. The predicted molar refractivity (Wildman–Crippen MR) is 80.7 cm³/mol. The van der Waals surface area contributed by atoms with E-state index < -0.39 is 5.97 Å². The van der Waals surface area contributed by atoms with Crippen LogP contribution in [0.15, 0.2) is 18.2 Å². The Balaban J connectivity index is 2.07. The summed E-state index contributed by atoms with van der Waals surface area (Å²) >= 11 is 1.84. The van der Waals surface area contributed by atoms with Crippen LogP contribution in [0.1, 0.15) is 22.3 Å². The molecule has 1 aromatic rings. The van der Waals surface area contributed by atoms with Crippen molar-refractivity contribution in [2.24, 2.45) is 0 Å². The van der Waals surface area contributed by atoms with Crippen molar-refractivity contribution in [3.05, 3.63) is 29.3 Å². The second-order valence-electron chi connectivity index (χ2n) is 4.89. The van der Waals surface area contributed by atoms with Gasteiger partial charge in [0, 0.05) is 24.5 Å². The third-order valence-corrected chi connectivity index (χ3v) is 4.64. The van der Waals surface area contributed by atoms with Crippen LogP contribution in [-0.2, 0) is 0 Å². The summed E-state index contributed by atoms with van der Waals surface area (Å²) in [5.74, 6) is 1.05. The Morgan fingerprint density at radius 1 is 1.45 bits per heavy atom. The number of nitrogens with zero attached hydrogens (tertiary/aromatic N) is 1. The molecule has 0 radical (unpaired) electrons. The molecule has 0 aliphatic carbocycles. The molecule has 1 aliphatic rings. The standard InChI is InChI=1S/C14H18N2O3S/c1-9-3-4-10(7-12(9)13(17)18)15-14(19)16(2)11-5-6-20-8-11/h3-4,7,11H,5-6,8H2,1-2H3,(H,15,19)(H,17,18). The minimum Gasteiger partial charge on any atom is -0.478 e. The Morgan fingerprint density at radius 2 is 2.20 bits per heavy atom. The number of amides is 2. The van der Waals surface area contributed by atoms with Crippen LogP contribution in [0.2, 0.25) is 0 Å². The summed E-state index contributed by atoms with van der Waals surface area (Å²) < 4.78 is 0. The molecule has 2 N–H and O–H groups in total. The van der Waals surface area contributed by atoms with E-state index in [4.69, 9.17) is 5.11 Å². The van der Waals surface area contributed by atoms with E-state index in [9.17, 15) is 9.59 Å². The van der Waals surface area contributed by atoms with Crippen molar-refractivity contribution in [2.45, 2.75) is 19.4 Å². The predicted octanol–water partition coefficient (Wildman–Crippen LogP) is 2.66. The van der Waals surface area contributed by atoms with Gasteiger partial charge in [0.25, 0.3) is 0 Å². The van der Waals surface area contributed by atoms with Crippen molar-refractivity contribution in [1.29, 1.82) is 0 Å². The van der Waals surface area contributed by atoms with E-state index in [0.29, 0.717) is 11.3 Å². The maximum absolute atomic E-state index is 12.1. The smallest absolute Gasteiger partial charge is 0.336 e. The summed E-state index contributed by atoms with van der Waals surface area (Å²) in [5, 5.41) is 11.8. The van der Waals surface area contributed by atoms with Crippen LogP contribution >= 0.6 is 11.8 Å². The lowest BCUT2D eigenvalue weighted by Gasteiger charge is -2.24. The van der Waals surface area contributed by atoms with Crippen LogP contribution in [0.25, 0.3) is 0 Å². The molecule has 1 unspecified atom stereocenters. The molecule has 2 amide bonds. The Bertz CT molecular complexity index is 527. The highest BCUT2D eigenvalue weighted by atomic mass is 32.2. The number of anilines is 1. The number of nitrogens with one attached hydrogen (secondary N) is 1. The second-order valence-corrected chi connectivity index (χ2v) is 6.04. The number of aromatic carboxylic acids is 1. The molecule has 2 rings (SSSR count). The molecule has 1 saturated heterocycles. The van der Waals surface area contributed by atoms with Gasteiger partial charge in [-0.2, -0.15) is 11.8 Å². The van der Waals surface area contributed by atoms with E-state index in [1.807, 2.05) is 11.8 Å². The topological polar surface area (TPSA) is 69.6 Å². The highest BCUT2D eigenvalue weighted by molar-refractivity contribution is 7.99. The Labute approximate surface area is 122 Å². The van der Waals surface area contributed by atoms with E-state index in [2.05, 4.69) is 5.32 Å². The molecular formula is C14H18N2O3S. The third-order valence-electron chi connectivity index (χ3n) is 3.49. The SMILES string of the molecule is Cc1ccc(NC(=O)N(C)C2CCSC2)cc1C(=O)O. The highest BCUT2D eigenvalue weighted by Gasteiger charge is 2.24. The van der Waals surface area contributed by atoms with E-state index in [0.717, 1.165) is 17.9 Å². The molecule has 6 heteroatoms. The normalized spacial score (nSPS) is 17.8. The quantitative estimate of drug-likeness (QED) is 0.899. The summed E-state index contributed by atoms with van der Waals surface area (Å²) in [7, 11) is 1.78. The van der Waals surface area contributed by atoms with Gasteiger partial charge < -0.3 is 15.3 Å². The second kappa shape index (κ2) is 6.17. The molecule has 5 nitrogen and oxygen atoms in total. The van der Waals surface area contributed by atoms with E-state index in [1.54, 1.807) is 31.0 Å². The van der Waals surface area contributed by atoms with Gasteiger partial charge >= 0.3 is 12.0 Å². The number of urea groups is 1. The molecule has 1 heterocycles. The lowest BCUT2D eigenvalue weighted by Crippen LogP contribution is -2.39. The number of carbonyl (C=O) groups is 2. The van der Waals surface area contributed by atoms with Crippen molar-refractivity contribution in [1.82, 2.24) is 4.90 Å². The Hall–Kier alpha value is -1.69. The maximum Gasteiger partial charge on any atom is 0.336 e. The van der Waals surface area contributed by atoms with Crippen LogP contribution < -0.4 is 5.32 Å². The van der Waals surface area contributed by atoms with Crippen LogP contribution in [0, 0.1) is 6.92 Å². The van der Waals surface area contributed by atoms with E-state index >= 15 is 0 Å². The Kier molecular flexibility index (Phi) is 4.54. The minimum atomic E-state index is -0.987. The minimum absolute atomic E-state index is 0.197. The van der Waals surface area contributed by atoms with Gasteiger partial charge in [-0.25, -0.2) is 9.59 Å². The van der Waals surface area contributed by atoms with E-state index in [-0.39, 0.29) is 17.6 Å². The zero-order valence-electron chi connectivity index (χ0n) is 11.5. The fraction of sp³-hybridized carbons (Fsp3) is 0.429. The lowest BCUT2D eigenvalue weighted by molar-refractivity contribution is 0.0696. The number of hydrogen-bond donors (Lipinski definition) is 2. The number of carboxylic acid groups (broad SMARTS) is 1. The van der Waals surface area contributed by atoms with Crippen molar-refractivity contribution >= 4 is 29.4 Å².